The molecule has 12 heteroatoms. The molecule has 2 heterocycles. The Hall–Kier alpha value is -3.62. The maximum absolute atomic E-state index is 13.6. The molecule has 6 atom stereocenters. The smallest absolute Gasteiger partial charge is 0.339 e. The van der Waals surface area contributed by atoms with Crippen molar-refractivity contribution in [3.05, 3.63) is 29.8 Å². The zero-order valence-electron chi connectivity index (χ0n) is 23.1. The van der Waals surface area contributed by atoms with Gasteiger partial charge in [0.2, 0.25) is 17.7 Å². The molecule has 0 bridgehead atoms. The molecule has 0 spiro atoms. The van der Waals surface area contributed by atoms with Crippen LogP contribution in [0.3, 0.4) is 0 Å². The predicted octanol–water partition coefficient (Wildman–Crippen LogP) is 3.09. The third-order valence-corrected chi connectivity index (χ3v) is 8.53. The SMILES string of the molecule is CC(C)(C)[C@H](NC(=O)C(F)(F)F)C(=O)N1C[C@H]2[C@H]([C@H]1C(=O)NC(C#N)CCC1C(=O)Nc3ccccc31)C2(C)C. The first-order valence-electron chi connectivity index (χ1n) is 13.3. The second kappa shape index (κ2) is 10.1. The Labute approximate surface area is 230 Å². The number of piperidine rings is 1. The van der Waals surface area contributed by atoms with Gasteiger partial charge in [0.15, 0.2) is 0 Å². The second-order valence-electron chi connectivity index (χ2n) is 12.6. The molecule has 4 rings (SSSR count). The molecule has 2 aliphatic heterocycles. The number of amides is 4. The number of hydrogen-bond acceptors (Lipinski definition) is 5. The van der Waals surface area contributed by atoms with Crippen molar-refractivity contribution in [2.24, 2.45) is 22.7 Å². The number of nitrogens with one attached hydrogen (secondary N) is 3. The highest BCUT2D eigenvalue weighted by molar-refractivity contribution is 6.02. The number of alkyl halides is 3. The van der Waals surface area contributed by atoms with Crippen LogP contribution in [0, 0.1) is 34.0 Å². The minimum absolute atomic E-state index is 0.0506. The van der Waals surface area contributed by atoms with Crippen molar-refractivity contribution in [1.29, 1.82) is 5.26 Å². The lowest BCUT2D eigenvalue weighted by Gasteiger charge is -2.37. The van der Waals surface area contributed by atoms with Crippen molar-refractivity contribution in [2.75, 3.05) is 11.9 Å². The summed E-state index contributed by atoms with van der Waals surface area (Å²) in [5, 5.41) is 17.1. The lowest BCUT2D eigenvalue weighted by atomic mass is 9.85. The fourth-order valence-corrected chi connectivity index (χ4v) is 6.16. The van der Waals surface area contributed by atoms with E-state index in [0.29, 0.717) is 12.1 Å². The van der Waals surface area contributed by atoms with Gasteiger partial charge in [-0.25, -0.2) is 0 Å². The summed E-state index contributed by atoms with van der Waals surface area (Å²) >= 11 is 0. The second-order valence-corrected chi connectivity index (χ2v) is 12.6. The van der Waals surface area contributed by atoms with E-state index in [0.717, 1.165) is 5.56 Å². The van der Waals surface area contributed by atoms with E-state index in [1.807, 2.05) is 31.3 Å². The van der Waals surface area contributed by atoms with Gasteiger partial charge in [-0.05, 0) is 47.1 Å². The fourth-order valence-electron chi connectivity index (χ4n) is 6.16. The van der Waals surface area contributed by atoms with Gasteiger partial charge in [0.05, 0.1) is 12.0 Å². The van der Waals surface area contributed by atoms with Crippen molar-refractivity contribution in [3.8, 4) is 6.07 Å². The summed E-state index contributed by atoms with van der Waals surface area (Å²) in [6.45, 7) is 8.66. The number of nitrogens with zero attached hydrogens (tertiary/aromatic N) is 2. The Morgan fingerprint density at radius 3 is 2.42 bits per heavy atom. The summed E-state index contributed by atoms with van der Waals surface area (Å²) in [5.41, 5.74) is 0.177. The number of benzene rings is 1. The molecule has 3 N–H and O–H groups in total. The molecule has 9 nitrogen and oxygen atoms in total. The molecule has 1 saturated carbocycles. The highest BCUT2D eigenvalue weighted by atomic mass is 19.4. The van der Waals surface area contributed by atoms with E-state index in [4.69, 9.17) is 0 Å². The lowest BCUT2D eigenvalue weighted by Crippen LogP contribution is -2.61. The van der Waals surface area contributed by atoms with Crippen molar-refractivity contribution in [1.82, 2.24) is 15.5 Å². The van der Waals surface area contributed by atoms with E-state index in [2.05, 4.69) is 16.7 Å². The van der Waals surface area contributed by atoms with Crippen molar-refractivity contribution >= 4 is 29.3 Å². The number of hydrogen-bond donors (Lipinski definition) is 3. The largest absolute Gasteiger partial charge is 0.471 e. The number of halogens is 3. The molecule has 216 valence electrons. The van der Waals surface area contributed by atoms with Gasteiger partial charge in [-0.1, -0.05) is 52.8 Å². The van der Waals surface area contributed by atoms with Crippen LogP contribution in [0.1, 0.15) is 58.9 Å². The summed E-state index contributed by atoms with van der Waals surface area (Å²) < 4.78 is 39.1. The van der Waals surface area contributed by atoms with Crippen LogP contribution < -0.4 is 16.0 Å². The monoisotopic (exact) mass is 561 g/mol. The average molecular weight is 562 g/mol. The maximum atomic E-state index is 13.6. The normalized spacial score (nSPS) is 26.1. The van der Waals surface area contributed by atoms with Gasteiger partial charge in [0.25, 0.3) is 0 Å². The number of nitriles is 1. The number of anilines is 1. The van der Waals surface area contributed by atoms with Gasteiger partial charge >= 0.3 is 12.1 Å². The molecule has 1 aromatic rings. The number of carbonyl (C=O) groups is 4. The number of fused-ring (bicyclic) bond motifs is 2. The topological polar surface area (TPSA) is 131 Å². The van der Waals surface area contributed by atoms with Crippen LogP contribution in [0.2, 0.25) is 0 Å². The highest BCUT2D eigenvalue weighted by Crippen LogP contribution is 2.65. The van der Waals surface area contributed by atoms with Crippen molar-refractivity contribution in [3.63, 3.8) is 0 Å². The van der Waals surface area contributed by atoms with Crippen LogP contribution in [0.4, 0.5) is 18.9 Å². The van der Waals surface area contributed by atoms with E-state index in [1.165, 1.54) is 25.7 Å². The Balaban J connectivity index is 1.49. The van der Waals surface area contributed by atoms with Crippen LogP contribution in [-0.4, -0.2) is 59.4 Å². The van der Waals surface area contributed by atoms with Crippen LogP contribution >= 0.6 is 0 Å². The number of carbonyl (C=O) groups excluding carboxylic acids is 4. The molecule has 1 saturated heterocycles. The summed E-state index contributed by atoms with van der Waals surface area (Å²) in [7, 11) is 0. The Kier molecular flexibility index (Phi) is 7.41. The van der Waals surface area contributed by atoms with Crippen molar-refractivity contribution < 1.29 is 32.3 Å². The Morgan fingerprint density at radius 2 is 1.82 bits per heavy atom. The molecule has 40 heavy (non-hydrogen) atoms. The van der Waals surface area contributed by atoms with E-state index in [9.17, 15) is 37.6 Å². The third-order valence-electron chi connectivity index (χ3n) is 8.53. The molecule has 2 fully saturated rings. The summed E-state index contributed by atoms with van der Waals surface area (Å²) in [6, 6.07) is 5.82. The molecule has 2 unspecified atom stereocenters. The summed E-state index contributed by atoms with van der Waals surface area (Å²) in [5.74, 6) is -4.54. The number of para-hydroxylation sites is 1. The minimum atomic E-state index is -5.17. The van der Waals surface area contributed by atoms with Gasteiger partial charge in [-0.15, -0.1) is 0 Å². The summed E-state index contributed by atoms with van der Waals surface area (Å²) in [6.07, 6.45) is -4.69. The van der Waals surface area contributed by atoms with Crippen LogP contribution in [0.25, 0.3) is 0 Å². The molecule has 1 aliphatic carbocycles. The first-order chi connectivity index (χ1) is 18.5. The standard InChI is InChI=1S/C28H34F3N5O4/c1-26(2,3)21(35-25(40)28(29,30)31)24(39)36-13-17-19(27(17,4)5)20(36)23(38)33-14(12-32)10-11-16-15-8-6-7-9-18(15)34-22(16)37/h6-9,14,16-17,19-21H,10-11,13H2,1-5H3,(H,33,38)(H,34,37)(H,35,40)/t14?,16?,17-,19+,20-,21+/m0/s1. The van der Waals surface area contributed by atoms with Gasteiger partial charge in [0.1, 0.15) is 18.1 Å². The van der Waals surface area contributed by atoms with Gasteiger partial charge in [-0.2, -0.15) is 18.4 Å². The van der Waals surface area contributed by atoms with Crippen LogP contribution in [0.5, 0.6) is 0 Å². The molecular weight excluding hydrogens is 527 g/mol. The lowest BCUT2D eigenvalue weighted by molar-refractivity contribution is -0.176. The molecule has 1 aromatic carbocycles. The van der Waals surface area contributed by atoms with Gasteiger partial charge < -0.3 is 20.9 Å². The first kappa shape index (κ1) is 29.4. The van der Waals surface area contributed by atoms with E-state index >= 15 is 0 Å². The molecule has 0 aromatic heterocycles. The molecule has 0 radical (unpaired) electrons. The Bertz CT molecular complexity index is 1270. The maximum Gasteiger partial charge on any atom is 0.471 e. The zero-order chi connectivity index (χ0) is 29.8. The fraction of sp³-hybridized carbons (Fsp3) is 0.607. The van der Waals surface area contributed by atoms with E-state index in [-0.39, 0.29) is 36.1 Å². The number of likely N-dealkylation sites (tertiary alicyclic amines) is 1. The minimum Gasteiger partial charge on any atom is -0.339 e. The average Bonchev–Trinajstić information content (AvgIpc) is 3.17. The zero-order valence-corrected chi connectivity index (χ0v) is 23.1. The number of rotatable bonds is 7. The van der Waals surface area contributed by atoms with Crippen LogP contribution in [0.15, 0.2) is 24.3 Å². The molecule has 3 aliphatic rings. The highest BCUT2D eigenvalue weighted by Gasteiger charge is 2.70. The van der Waals surface area contributed by atoms with E-state index in [1.54, 1.807) is 12.1 Å². The predicted molar refractivity (Wildman–Crippen MR) is 138 cm³/mol. The molecular formula is C28H34F3N5O4. The van der Waals surface area contributed by atoms with Crippen molar-refractivity contribution in [2.45, 2.75) is 77.7 Å². The van der Waals surface area contributed by atoms with Crippen LogP contribution in [-0.2, 0) is 19.2 Å². The third kappa shape index (κ3) is 5.38. The van der Waals surface area contributed by atoms with E-state index < -0.39 is 53.4 Å². The summed E-state index contributed by atoms with van der Waals surface area (Å²) in [4.78, 5) is 52.6. The quantitative estimate of drug-likeness (QED) is 0.471. The first-order valence-corrected chi connectivity index (χ1v) is 13.3. The van der Waals surface area contributed by atoms with Gasteiger partial charge in [0, 0.05) is 12.2 Å². The molecule has 4 amide bonds. The van der Waals surface area contributed by atoms with Gasteiger partial charge in [-0.3, -0.25) is 19.2 Å². The Morgan fingerprint density at radius 1 is 1.18 bits per heavy atom.